The number of aliphatic hydroxyl groups is 1. The van der Waals surface area contributed by atoms with Crippen LogP contribution in [0.2, 0.25) is 0 Å². The highest BCUT2D eigenvalue weighted by molar-refractivity contribution is 5.51. The maximum absolute atomic E-state index is 12.9. The second-order valence-electron chi connectivity index (χ2n) is 13.1. The standard InChI is InChI=1S/C38H42N2O/c1-29-23-40(26-32-25-39(24-30-15-7-3-8-16-30)27-35(32)31-17-9-4-10-18-31)36(2)28-37(36,33-19-11-5-12-20-33)38(29,41)34-21-13-6-14-22-34/h3-22,29,32,35,41H,23-28H2,1-2H3/t29?,32?,35-,36?,37?,38?/m1/s1. The van der Waals surface area contributed by atoms with Crippen LogP contribution < -0.4 is 0 Å². The topological polar surface area (TPSA) is 26.7 Å². The molecular formula is C38H42N2O. The fourth-order valence-electron chi connectivity index (χ4n) is 8.82. The van der Waals surface area contributed by atoms with Crippen LogP contribution in [0.25, 0.3) is 0 Å². The van der Waals surface area contributed by atoms with Gasteiger partial charge in [0.1, 0.15) is 5.60 Å². The van der Waals surface area contributed by atoms with E-state index in [0.29, 0.717) is 11.8 Å². The van der Waals surface area contributed by atoms with Gasteiger partial charge in [0.05, 0.1) is 0 Å². The Morgan fingerprint density at radius 2 is 1.27 bits per heavy atom. The molecule has 1 N–H and O–H groups in total. The second-order valence-corrected chi connectivity index (χ2v) is 13.1. The Morgan fingerprint density at radius 1 is 0.707 bits per heavy atom. The van der Waals surface area contributed by atoms with Crippen molar-refractivity contribution in [3.8, 4) is 0 Å². The third kappa shape index (κ3) is 4.21. The molecule has 6 atom stereocenters. The lowest BCUT2D eigenvalue weighted by molar-refractivity contribution is -0.116. The van der Waals surface area contributed by atoms with Gasteiger partial charge >= 0.3 is 0 Å². The zero-order valence-electron chi connectivity index (χ0n) is 24.4. The van der Waals surface area contributed by atoms with Crippen molar-refractivity contribution in [3.63, 3.8) is 0 Å². The fourth-order valence-corrected chi connectivity index (χ4v) is 8.82. The second kappa shape index (κ2) is 10.2. The van der Waals surface area contributed by atoms with Gasteiger partial charge in [0, 0.05) is 55.5 Å². The molecule has 3 heteroatoms. The molecule has 4 aromatic rings. The molecule has 0 amide bonds. The molecule has 41 heavy (non-hydrogen) atoms. The lowest BCUT2D eigenvalue weighted by Gasteiger charge is -2.53. The van der Waals surface area contributed by atoms with Gasteiger partial charge in [-0.25, -0.2) is 0 Å². The summed E-state index contributed by atoms with van der Waals surface area (Å²) in [5.74, 6) is 1.12. The maximum atomic E-state index is 12.9. The van der Waals surface area contributed by atoms with E-state index < -0.39 is 5.60 Å². The third-order valence-electron chi connectivity index (χ3n) is 10.9. The van der Waals surface area contributed by atoms with Gasteiger partial charge in [0.2, 0.25) is 0 Å². The molecule has 3 aliphatic rings. The van der Waals surface area contributed by atoms with Gasteiger partial charge in [-0.1, -0.05) is 128 Å². The van der Waals surface area contributed by atoms with E-state index in [4.69, 9.17) is 0 Å². The van der Waals surface area contributed by atoms with E-state index in [1.54, 1.807) is 0 Å². The van der Waals surface area contributed by atoms with E-state index in [1.165, 1.54) is 16.7 Å². The molecule has 0 aromatic heterocycles. The molecule has 7 rings (SSSR count). The van der Waals surface area contributed by atoms with Crippen molar-refractivity contribution >= 4 is 0 Å². The minimum Gasteiger partial charge on any atom is -0.384 e. The number of fused-ring (bicyclic) bond motifs is 1. The first-order valence-corrected chi connectivity index (χ1v) is 15.4. The van der Waals surface area contributed by atoms with Crippen LogP contribution in [0.15, 0.2) is 121 Å². The van der Waals surface area contributed by atoms with Crippen molar-refractivity contribution in [2.75, 3.05) is 26.2 Å². The first-order valence-electron chi connectivity index (χ1n) is 15.4. The summed E-state index contributed by atoms with van der Waals surface area (Å²) in [6, 6.07) is 43.4. The van der Waals surface area contributed by atoms with Gasteiger partial charge in [-0.2, -0.15) is 0 Å². The van der Waals surface area contributed by atoms with Crippen LogP contribution in [-0.2, 0) is 17.6 Å². The molecule has 5 unspecified atom stereocenters. The van der Waals surface area contributed by atoms with Crippen LogP contribution in [0.4, 0.5) is 0 Å². The van der Waals surface area contributed by atoms with E-state index in [2.05, 4.69) is 145 Å². The summed E-state index contributed by atoms with van der Waals surface area (Å²) >= 11 is 0. The van der Waals surface area contributed by atoms with Crippen molar-refractivity contribution in [2.45, 2.75) is 49.3 Å². The van der Waals surface area contributed by atoms with Crippen molar-refractivity contribution < 1.29 is 5.11 Å². The van der Waals surface area contributed by atoms with E-state index in [1.807, 2.05) is 0 Å². The minimum absolute atomic E-state index is 0.0951. The summed E-state index contributed by atoms with van der Waals surface area (Å²) in [5, 5.41) is 12.9. The van der Waals surface area contributed by atoms with Gasteiger partial charge < -0.3 is 5.11 Å². The van der Waals surface area contributed by atoms with E-state index in [9.17, 15) is 5.11 Å². The number of likely N-dealkylation sites (tertiary alicyclic amines) is 2. The van der Waals surface area contributed by atoms with Crippen molar-refractivity contribution in [2.24, 2.45) is 11.8 Å². The predicted molar refractivity (Wildman–Crippen MR) is 167 cm³/mol. The Balaban J connectivity index is 1.23. The fraction of sp³-hybridized carbons (Fsp3) is 0.368. The highest BCUT2D eigenvalue weighted by atomic mass is 16.3. The molecule has 4 aromatic carbocycles. The highest BCUT2D eigenvalue weighted by Gasteiger charge is 2.80. The zero-order chi connectivity index (χ0) is 28.1. The number of rotatable bonds is 7. The Bertz CT molecular complexity index is 1460. The summed E-state index contributed by atoms with van der Waals surface area (Å²) in [6.45, 7) is 9.81. The van der Waals surface area contributed by atoms with Crippen LogP contribution in [0.5, 0.6) is 0 Å². The average molecular weight is 543 g/mol. The molecule has 0 spiro atoms. The Hall–Kier alpha value is -3.24. The third-order valence-corrected chi connectivity index (χ3v) is 10.9. The number of nitrogens with zero attached hydrogens (tertiary/aromatic N) is 2. The summed E-state index contributed by atoms with van der Waals surface area (Å²) in [7, 11) is 0. The largest absolute Gasteiger partial charge is 0.384 e. The van der Waals surface area contributed by atoms with E-state index in [0.717, 1.165) is 44.7 Å². The van der Waals surface area contributed by atoms with E-state index >= 15 is 0 Å². The van der Waals surface area contributed by atoms with Crippen molar-refractivity contribution in [1.29, 1.82) is 0 Å². The molecule has 2 heterocycles. The van der Waals surface area contributed by atoms with Crippen molar-refractivity contribution in [1.82, 2.24) is 9.80 Å². The molecule has 1 saturated carbocycles. The monoisotopic (exact) mass is 542 g/mol. The predicted octanol–water partition coefficient (Wildman–Crippen LogP) is 6.84. The zero-order valence-corrected chi connectivity index (χ0v) is 24.4. The summed E-state index contributed by atoms with van der Waals surface area (Å²) in [6.07, 6.45) is 0.968. The van der Waals surface area contributed by atoms with E-state index in [-0.39, 0.29) is 16.9 Å². The number of benzene rings is 4. The van der Waals surface area contributed by atoms with Crippen LogP contribution >= 0.6 is 0 Å². The molecule has 1 aliphatic carbocycles. The first-order chi connectivity index (χ1) is 20.0. The van der Waals surface area contributed by atoms with Gasteiger partial charge in [-0.15, -0.1) is 0 Å². The van der Waals surface area contributed by atoms with Crippen molar-refractivity contribution in [3.05, 3.63) is 144 Å². The Morgan fingerprint density at radius 3 is 1.90 bits per heavy atom. The SMILES string of the molecule is CC1CN(CC2CN(Cc3ccccc3)C[C@@H]2c2ccccc2)C2(C)CC2(c2ccccc2)C1(O)c1ccccc1. The van der Waals surface area contributed by atoms with Crippen LogP contribution in [0.3, 0.4) is 0 Å². The quantitative estimate of drug-likeness (QED) is 0.277. The molecule has 0 bridgehead atoms. The maximum Gasteiger partial charge on any atom is 0.105 e. The molecular weight excluding hydrogens is 500 g/mol. The molecule has 3 fully saturated rings. The summed E-state index contributed by atoms with van der Waals surface area (Å²) < 4.78 is 0. The molecule has 2 aliphatic heterocycles. The molecule has 3 nitrogen and oxygen atoms in total. The lowest BCUT2D eigenvalue weighted by atomic mass is 9.63. The molecule has 210 valence electrons. The first kappa shape index (κ1) is 26.6. The minimum atomic E-state index is -0.922. The Kier molecular flexibility index (Phi) is 6.65. The lowest BCUT2D eigenvalue weighted by Crippen LogP contribution is -2.62. The van der Waals surface area contributed by atoms with Crippen LogP contribution in [0.1, 0.15) is 48.4 Å². The Labute approximate surface area is 245 Å². The normalized spacial score (nSPS) is 33.4. The van der Waals surface area contributed by atoms with Crippen LogP contribution in [0, 0.1) is 11.8 Å². The van der Waals surface area contributed by atoms with Gasteiger partial charge in [-0.05, 0) is 41.5 Å². The van der Waals surface area contributed by atoms with Gasteiger partial charge in [-0.3, -0.25) is 9.80 Å². The smallest absolute Gasteiger partial charge is 0.105 e. The number of piperidine rings is 1. The van der Waals surface area contributed by atoms with Gasteiger partial charge in [0.25, 0.3) is 0 Å². The number of hydrogen-bond donors (Lipinski definition) is 1. The summed E-state index contributed by atoms with van der Waals surface area (Å²) in [5.41, 5.74) is 3.78. The van der Waals surface area contributed by atoms with Crippen LogP contribution in [-0.4, -0.2) is 46.6 Å². The number of hydrogen-bond acceptors (Lipinski definition) is 3. The molecule has 2 saturated heterocycles. The van der Waals surface area contributed by atoms with Gasteiger partial charge in [0.15, 0.2) is 0 Å². The molecule has 0 radical (unpaired) electrons. The average Bonchev–Trinajstić information content (AvgIpc) is 3.52. The summed E-state index contributed by atoms with van der Waals surface area (Å²) in [4.78, 5) is 5.43. The highest BCUT2D eigenvalue weighted by Crippen LogP contribution is 2.73.